The lowest BCUT2D eigenvalue weighted by Crippen LogP contribution is -2.25. The van der Waals surface area contributed by atoms with Crippen LogP contribution >= 0.6 is 23.2 Å². The molecule has 28 heavy (non-hydrogen) atoms. The summed E-state index contributed by atoms with van der Waals surface area (Å²) in [6, 6.07) is 8.92. The summed E-state index contributed by atoms with van der Waals surface area (Å²) in [7, 11) is 0. The summed E-state index contributed by atoms with van der Waals surface area (Å²) in [6.07, 6.45) is 5.78. The maximum Gasteiger partial charge on any atom is 0.352 e. The number of hydrogen-bond donors (Lipinski definition) is 3. The van der Waals surface area contributed by atoms with Crippen LogP contribution in [-0.2, 0) is 4.79 Å². The summed E-state index contributed by atoms with van der Waals surface area (Å²) in [5, 5.41) is 13.3. The minimum absolute atomic E-state index is 0.0713. The van der Waals surface area contributed by atoms with Gasteiger partial charge in [-0.3, -0.25) is 4.79 Å². The summed E-state index contributed by atoms with van der Waals surface area (Å²) in [5.41, 5.74) is 2.07. The van der Waals surface area contributed by atoms with Gasteiger partial charge in [0.2, 0.25) is 5.91 Å². The summed E-state index contributed by atoms with van der Waals surface area (Å²) in [6.45, 7) is 5.74. The molecule has 0 radical (unpaired) electrons. The number of rotatable bonds is 5. The van der Waals surface area contributed by atoms with Gasteiger partial charge in [-0.2, -0.15) is 0 Å². The van der Waals surface area contributed by atoms with Crippen LogP contribution in [0.3, 0.4) is 0 Å². The smallest absolute Gasteiger partial charge is 0.352 e. The van der Waals surface area contributed by atoms with Crippen molar-refractivity contribution in [2.45, 2.75) is 20.8 Å². The maximum absolute atomic E-state index is 12.1. The number of carbonyl (C=O) groups excluding carboxylic acids is 1. The number of carboxylic acid groups (broad SMARTS) is 1. The molecule has 1 aromatic carbocycles. The highest BCUT2D eigenvalue weighted by atomic mass is 35.5. The molecule has 1 aromatic heterocycles. The molecule has 0 saturated carbocycles. The van der Waals surface area contributed by atoms with Crippen LogP contribution in [0.1, 0.15) is 36.8 Å². The van der Waals surface area contributed by atoms with Crippen molar-refractivity contribution in [1.29, 1.82) is 0 Å². The molecule has 2 aromatic rings. The van der Waals surface area contributed by atoms with Crippen molar-refractivity contribution in [1.82, 2.24) is 4.98 Å². The standard InChI is InChI=1S/C19H16Cl2N2O3.C2H6/c1-2-15-17(14(21)10-11-20)13(18(23-15)19(25)26)8-9-16(24)22-12-6-4-3-5-7-12;1-2/h2-11,23H,1H3,(H,22,24)(H,25,26);1-2H3/b9-8+,11-10+,15-2+,17-14+;. The van der Waals surface area contributed by atoms with Gasteiger partial charge < -0.3 is 15.4 Å². The van der Waals surface area contributed by atoms with E-state index in [9.17, 15) is 14.7 Å². The van der Waals surface area contributed by atoms with Crippen LogP contribution in [0.15, 0.2) is 48.0 Å². The van der Waals surface area contributed by atoms with Crippen molar-refractivity contribution >= 4 is 58.0 Å². The zero-order chi connectivity index (χ0) is 21.1. The lowest BCUT2D eigenvalue weighted by atomic mass is 10.1. The Morgan fingerprint density at radius 2 is 1.79 bits per heavy atom. The van der Waals surface area contributed by atoms with Gasteiger partial charge in [-0.1, -0.05) is 61.3 Å². The third-order valence-corrected chi connectivity index (χ3v) is 3.90. The van der Waals surface area contributed by atoms with Crippen LogP contribution in [0.4, 0.5) is 5.69 Å². The first-order valence-corrected chi connectivity index (χ1v) is 9.41. The van der Waals surface area contributed by atoms with Crippen molar-refractivity contribution in [3.05, 3.63) is 69.8 Å². The molecule has 5 nitrogen and oxygen atoms in total. The number of halogens is 2. The minimum Gasteiger partial charge on any atom is -0.477 e. The van der Waals surface area contributed by atoms with Gasteiger partial charge in [-0.15, -0.1) is 0 Å². The molecule has 0 saturated heterocycles. The number of hydrogen-bond acceptors (Lipinski definition) is 2. The van der Waals surface area contributed by atoms with E-state index in [1.165, 1.54) is 23.8 Å². The van der Waals surface area contributed by atoms with Gasteiger partial charge in [0, 0.05) is 33.4 Å². The van der Waals surface area contributed by atoms with Gasteiger partial charge in [0.05, 0.1) is 5.03 Å². The van der Waals surface area contributed by atoms with Crippen molar-refractivity contribution in [2.24, 2.45) is 0 Å². The molecule has 0 aliphatic rings. The molecule has 1 heterocycles. The molecule has 7 heteroatoms. The number of aromatic amines is 1. The van der Waals surface area contributed by atoms with Gasteiger partial charge in [0.1, 0.15) is 5.69 Å². The Kier molecular flexibility index (Phi) is 9.85. The Labute approximate surface area is 173 Å². The second-order valence-electron chi connectivity index (χ2n) is 5.13. The molecular weight excluding hydrogens is 399 g/mol. The monoisotopic (exact) mass is 420 g/mol. The summed E-state index contributed by atoms with van der Waals surface area (Å²) >= 11 is 11.8. The Hall–Kier alpha value is -2.76. The quantitative estimate of drug-likeness (QED) is 0.630. The molecule has 0 unspecified atom stereocenters. The second kappa shape index (κ2) is 11.8. The first-order chi connectivity index (χ1) is 13.5. The van der Waals surface area contributed by atoms with E-state index in [0.29, 0.717) is 16.3 Å². The number of H-pyrrole nitrogens is 1. The molecule has 0 aliphatic carbocycles. The van der Waals surface area contributed by atoms with Crippen molar-refractivity contribution < 1.29 is 14.7 Å². The highest BCUT2D eigenvalue weighted by molar-refractivity contribution is 6.48. The molecule has 0 atom stereocenters. The summed E-state index contributed by atoms with van der Waals surface area (Å²) in [5.74, 6) is -1.56. The van der Waals surface area contributed by atoms with Gasteiger partial charge in [0.15, 0.2) is 0 Å². The average molecular weight is 421 g/mol. The number of aromatic nitrogens is 1. The maximum atomic E-state index is 12.1. The first-order valence-electron chi connectivity index (χ1n) is 8.60. The number of allylic oxidation sites excluding steroid dienone is 1. The third-order valence-electron chi connectivity index (χ3n) is 3.46. The van der Waals surface area contributed by atoms with Crippen LogP contribution in [0.25, 0.3) is 17.2 Å². The molecule has 2 rings (SSSR count). The molecule has 148 valence electrons. The topological polar surface area (TPSA) is 82.2 Å². The fraction of sp³-hybridized carbons (Fsp3) is 0.143. The summed E-state index contributed by atoms with van der Waals surface area (Å²) in [4.78, 5) is 26.4. The van der Waals surface area contributed by atoms with E-state index in [0.717, 1.165) is 0 Å². The first kappa shape index (κ1) is 23.3. The van der Waals surface area contributed by atoms with E-state index in [4.69, 9.17) is 23.2 Å². The van der Waals surface area contributed by atoms with Crippen LogP contribution < -0.4 is 15.9 Å². The van der Waals surface area contributed by atoms with Gasteiger partial charge in [-0.25, -0.2) is 4.79 Å². The highest BCUT2D eigenvalue weighted by Crippen LogP contribution is 2.10. The molecule has 0 fully saturated rings. The predicted molar refractivity (Wildman–Crippen MR) is 117 cm³/mol. The minimum atomic E-state index is -1.17. The van der Waals surface area contributed by atoms with Crippen molar-refractivity contribution in [2.75, 3.05) is 5.32 Å². The van der Waals surface area contributed by atoms with E-state index in [1.54, 1.807) is 37.3 Å². The van der Waals surface area contributed by atoms with Crippen molar-refractivity contribution in [3.63, 3.8) is 0 Å². The van der Waals surface area contributed by atoms with Gasteiger partial charge in [-0.05, 0) is 31.2 Å². The van der Waals surface area contributed by atoms with E-state index in [-0.39, 0.29) is 16.3 Å². The third kappa shape index (κ3) is 6.15. The molecular formula is C21H22Cl2N2O3. The van der Waals surface area contributed by atoms with Crippen molar-refractivity contribution in [3.8, 4) is 0 Å². The Morgan fingerprint density at radius 3 is 2.32 bits per heavy atom. The lowest BCUT2D eigenvalue weighted by molar-refractivity contribution is -0.111. The molecule has 1 amide bonds. The molecule has 0 bridgehead atoms. The number of anilines is 1. The summed E-state index contributed by atoms with van der Waals surface area (Å²) < 4.78 is 0. The number of carboxylic acids is 1. The number of amides is 1. The SMILES string of the molecule is C/C=c1/[nH]c(C(=O)O)c(/C=C/C(=O)Nc2ccccc2)/c1=C(Cl)/C=C/Cl.CC. The van der Waals surface area contributed by atoms with E-state index in [1.807, 2.05) is 19.9 Å². The number of aromatic carboxylic acids is 1. The van der Waals surface area contributed by atoms with Gasteiger partial charge >= 0.3 is 5.97 Å². The average Bonchev–Trinajstić information content (AvgIpc) is 3.08. The molecule has 0 spiro atoms. The van der Waals surface area contributed by atoms with Crippen LogP contribution in [-0.4, -0.2) is 22.0 Å². The fourth-order valence-corrected chi connectivity index (χ4v) is 2.80. The van der Waals surface area contributed by atoms with E-state index < -0.39 is 11.9 Å². The molecule has 3 N–H and O–H groups in total. The van der Waals surface area contributed by atoms with E-state index in [2.05, 4.69) is 10.3 Å². The van der Waals surface area contributed by atoms with Gasteiger partial charge in [0.25, 0.3) is 0 Å². The largest absolute Gasteiger partial charge is 0.477 e. The normalized spacial score (nSPS) is 12.7. The Morgan fingerprint density at radius 1 is 1.14 bits per heavy atom. The van der Waals surface area contributed by atoms with Crippen LogP contribution in [0.2, 0.25) is 0 Å². The molecule has 0 aliphatic heterocycles. The van der Waals surface area contributed by atoms with E-state index >= 15 is 0 Å². The number of carbonyl (C=O) groups is 2. The Balaban J connectivity index is 0.00000190. The number of para-hydroxylation sites is 1. The zero-order valence-corrected chi connectivity index (χ0v) is 17.3. The zero-order valence-electron chi connectivity index (χ0n) is 15.8. The fourth-order valence-electron chi connectivity index (χ4n) is 2.35. The number of benzene rings is 1. The lowest BCUT2D eigenvalue weighted by Gasteiger charge is -2.00. The second-order valence-corrected chi connectivity index (χ2v) is 5.78. The van der Waals surface area contributed by atoms with Crippen LogP contribution in [0, 0.1) is 0 Å². The Bertz CT molecular complexity index is 991. The number of nitrogens with one attached hydrogen (secondary N) is 2. The highest BCUT2D eigenvalue weighted by Gasteiger charge is 2.15. The van der Waals surface area contributed by atoms with Crippen LogP contribution in [0.5, 0.6) is 0 Å². The predicted octanol–water partition coefficient (Wildman–Crippen LogP) is 4.29.